The largest absolute Gasteiger partial charge is 0.416 e. The van der Waals surface area contributed by atoms with E-state index in [2.05, 4.69) is 32.0 Å². The molecule has 3 aromatic carbocycles. The van der Waals surface area contributed by atoms with Gasteiger partial charge in [0.15, 0.2) is 11.0 Å². The number of carbonyl (C=O) groups is 2. The van der Waals surface area contributed by atoms with E-state index in [-0.39, 0.29) is 17.7 Å². The van der Waals surface area contributed by atoms with Crippen LogP contribution in [0.25, 0.3) is 17.1 Å². The number of nitrogens with one attached hydrogen (secondary N) is 2. The first-order valence-corrected chi connectivity index (χ1v) is 15.1. The van der Waals surface area contributed by atoms with E-state index < -0.39 is 17.8 Å². The fourth-order valence-corrected chi connectivity index (χ4v) is 6.12. The Morgan fingerprint density at radius 2 is 1.77 bits per heavy atom. The molecule has 1 aromatic heterocycles. The molecule has 1 aliphatic carbocycles. The first-order valence-electron chi connectivity index (χ1n) is 14.1. The van der Waals surface area contributed by atoms with E-state index >= 15 is 0 Å². The zero-order chi connectivity index (χ0) is 30.8. The molecule has 2 N–H and O–H groups in total. The first kappa shape index (κ1) is 29.6. The third kappa shape index (κ3) is 6.24. The fraction of sp³-hybridized carbons (Fsp3) is 0.258. The lowest BCUT2D eigenvalue weighted by Gasteiger charge is -2.24. The Hall–Kier alpha value is -4.49. The van der Waals surface area contributed by atoms with Crippen LogP contribution in [0.4, 0.5) is 23.7 Å². The van der Waals surface area contributed by atoms with Gasteiger partial charge in [-0.25, -0.2) is 19.9 Å². The molecule has 9 nitrogen and oxygen atoms in total. The molecule has 1 atom stereocenters. The van der Waals surface area contributed by atoms with E-state index in [4.69, 9.17) is 0 Å². The number of aromatic nitrogens is 3. The Morgan fingerprint density at radius 1 is 1.02 bits per heavy atom. The molecule has 0 bridgehead atoms. The molecule has 2 heterocycles. The van der Waals surface area contributed by atoms with E-state index in [1.165, 1.54) is 40.5 Å². The van der Waals surface area contributed by atoms with E-state index in [9.17, 15) is 22.8 Å². The van der Waals surface area contributed by atoms with E-state index in [0.717, 1.165) is 54.6 Å². The summed E-state index contributed by atoms with van der Waals surface area (Å²) in [7, 11) is 0. The number of fused-ring (bicyclic) bond motifs is 1. The van der Waals surface area contributed by atoms with Crippen LogP contribution in [-0.2, 0) is 23.8 Å². The number of rotatable bonds is 6. The van der Waals surface area contributed by atoms with Crippen LogP contribution in [0.1, 0.15) is 48.1 Å². The summed E-state index contributed by atoms with van der Waals surface area (Å²) in [6.45, 7) is 1.87. The van der Waals surface area contributed by atoms with Gasteiger partial charge < -0.3 is 0 Å². The smallest absolute Gasteiger partial charge is 0.273 e. The summed E-state index contributed by atoms with van der Waals surface area (Å²) in [5.41, 5.74) is 10.1. The number of hydrogen-bond donors (Lipinski definition) is 2. The summed E-state index contributed by atoms with van der Waals surface area (Å²) in [6.07, 6.45) is 1.11. The number of nitrogens with zero attached hydrogens (tertiary/aromatic N) is 5. The van der Waals surface area contributed by atoms with Crippen molar-refractivity contribution in [1.29, 1.82) is 0 Å². The maximum Gasteiger partial charge on any atom is 0.416 e. The number of aryl methyl sites for hydroxylation is 1. The van der Waals surface area contributed by atoms with Gasteiger partial charge >= 0.3 is 12.2 Å². The summed E-state index contributed by atoms with van der Waals surface area (Å²) in [5.74, 6) is 0.540. The molecule has 226 valence electrons. The topological polar surface area (TPSA) is 105 Å². The number of anilines is 1. The molecule has 6 rings (SSSR count). The van der Waals surface area contributed by atoms with Gasteiger partial charge in [-0.2, -0.15) is 18.2 Å². The number of halogens is 3. The normalized spacial score (nSPS) is 16.7. The SMILES string of the molecule is CC(NNC(=O)/N=C1\SCC(=O)N1c1cccc2c1CCCC2)c1ccc(-c2ncn(-c3ccc(C(F)(F)F)cc3)n2)cc1. The first-order chi connectivity index (χ1) is 21.2. The second-order valence-electron chi connectivity index (χ2n) is 10.5. The molecule has 2 aliphatic rings. The van der Waals surface area contributed by atoms with Crippen LogP contribution in [0.3, 0.4) is 0 Å². The second kappa shape index (κ2) is 12.2. The van der Waals surface area contributed by atoms with Crippen molar-refractivity contribution in [3.63, 3.8) is 0 Å². The van der Waals surface area contributed by atoms with Gasteiger partial charge in [0.2, 0.25) is 5.91 Å². The number of benzene rings is 3. The lowest BCUT2D eigenvalue weighted by molar-refractivity contribution is -0.137. The maximum absolute atomic E-state index is 12.9. The molecule has 0 spiro atoms. The average molecular weight is 620 g/mol. The van der Waals surface area contributed by atoms with E-state index in [1.54, 1.807) is 4.90 Å². The van der Waals surface area contributed by atoms with Crippen molar-refractivity contribution in [2.24, 2.45) is 4.99 Å². The lowest BCUT2D eigenvalue weighted by Crippen LogP contribution is -2.39. The molecule has 1 fully saturated rings. The van der Waals surface area contributed by atoms with Crippen LogP contribution >= 0.6 is 11.8 Å². The molecule has 0 radical (unpaired) electrons. The standard InChI is InChI=1S/C31H28F3N7O2S/c1-19(20-9-11-22(12-10-20)28-35-18-40(39-28)24-15-13-23(14-16-24)31(32,33)34)37-38-29(43)36-30-41(27(42)17-44-30)26-8-4-6-21-5-2-3-7-25(21)26/h4,6,8-16,18-19,37H,2-3,5,7,17H2,1H3,(H,38,43)/b36-30-. The van der Waals surface area contributed by atoms with Crippen molar-refractivity contribution in [3.05, 3.63) is 95.3 Å². The molecule has 1 unspecified atom stereocenters. The minimum absolute atomic E-state index is 0.0966. The summed E-state index contributed by atoms with van der Waals surface area (Å²) < 4.78 is 40.0. The summed E-state index contributed by atoms with van der Waals surface area (Å²) in [6, 6.07) is 17.1. The van der Waals surface area contributed by atoms with Gasteiger partial charge in [0.05, 0.1) is 22.7 Å². The summed E-state index contributed by atoms with van der Waals surface area (Å²) in [4.78, 5) is 35.6. The Labute approximate surface area is 255 Å². The molecule has 44 heavy (non-hydrogen) atoms. The maximum atomic E-state index is 12.9. The Morgan fingerprint density at radius 3 is 2.52 bits per heavy atom. The Bertz CT molecular complexity index is 1720. The number of amides is 3. The van der Waals surface area contributed by atoms with Crippen molar-refractivity contribution >= 4 is 34.6 Å². The van der Waals surface area contributed by atoms with Gasteiger partial charge in [0.1, 0.15) is 6.33 Å². The third-order valence-corrected chi connectivity index (χ3v) is 8.51. The average Bonchev–Trinajstić information content (AvgIpc) is 3.66. The Balaban J connectivity index is 1.08. The number of carbonyl (C=O) groups excluding carboxylic acids is 2. The van der Waals surface area contributed by atoms with Crippen LogP contribution in [-0.4, -0.2) is 37.6 Å². The minimum Gasteiger partial charge on any atom is -0.273 e. The molecular formula is C31H28F3N7O2S. The predicted octanol–water partition coefficient (Wildman–Crippen LogP) is 6.24. The number of aliphatic imine (C=N–C) groups is 1. The van der Waals surface area contributed by atoms with Gasteiger partial charge in [-0.05, 0) is 79.6 Å². The van der Waals surface area contributed by atoms with Crippen molar-refractivity contribution in [3.8, 4) is 17.1 Å². The number of thioether (sulfide) groups is 1. The van der Waals surface area contributed by atoms with E-state index in [1.807, 2.05) is 43.3 Å². The van der Waals surface area contributed by atoms with Gasteiger partial charge in [0, 0.05) is 11.6 Å². The molecule has 1 saturated heterocycles. The third-order valence-electron chi connectivity index (χ3n) is 7.59. The van der Waals surface area contributed by atoms with Crippen LogP contribution in [0.5, 0.6) is 0 Å². The zero-order valence-corrected chi connectivity index (χ0v) is 24.5. The highest BCUT2D eigenvalue weighted by molar-refractivity contribution is 8.15. The number of urea groups is 1. The second-order valence-corrected chi connectivity index (χ2v) is 11.5. The van der Waals surface area contributed by atoms with Gasteiger partial charge in [-0.1, -0.05) is 48.2 Å². The zero-order valence-electron chi connectivity index (χ0n) is 23.6. The fourth-order valence-electron chi connectivity index (χ4n) is 5.26. The molecule has 3 amide bonds. The molecule has 0 saturated carbocycles. The number of amidine groups is 1. The van der Waals surface area contributed by atoms with Gasteiger partial charge in [0.25, 0.3) is 0 Å². The number of hydrazine groups is 1. The van der Waals surface area contributed by atoms with Crippen molar-refractivity contribution in [2.45, 2.75) is 44.8 Å². The minimum atomic E-state index is -4.41. The highest BCUT2D eigenvalue weighted by Crippen LogP contribution is 2.35. The summed E-state index contributed by atoms with van der Waals surface area (Å²) >= 11 is 1.24. The number of alkyl halides is 3. The van der Waals surface area contributed by atoms with Crippen LogP contribution in [0, 0.1) is 0 Å². The highest BCUT2D eigenvalue weighted by atomic mass is 32.2. The van der Waals surface area contributed by atoms with E-state index in [0.29, 0.717) is 22.2 Å². The quantitative estimate of drug-likeness (QED) is 0.248. The Kier molecular flexibility index (Phi) is 8.23. The van der Waals surface area contributed by atoms with Crippen LogP contribution in [0.2, 0.25) is 0 Å². The molecular weight excluding hydrogens is 591 g/mol. The predicted molar refractivity (Wildman–Crippen MR) is 162 cm³/mol. The van der Waals surface area contributed by atoms with Gasteiger partial charge in [-0.3, -0.25) is 15.1 Å². The molecule has 4 aromatic rings. The van der Waals surface area contributed by atoms with Crippen LogP contribution in [0.15, 0.2) is 78.0 Å². The van der Waals surface area contributed by atoms with Crippen LogP contribution < -0.4 is 15.8 Å². The monoisotopic (exact) mass is 619 g/mol. The lowest BCUT2D eigenvalue weighted by atomic mass is 9.90. The highest BCUT2D eigenvalue weighted by Gasteiger charge is 2.33. The molecule has 1 aliphatic heterocycles. The summed E-state index contributed by atoms with van der Waals surface area (Å²) in [5, 5.41) is 4.74. The van der Waals surface area contributed by atoms with Crippen molar-refractivity contribution < 1.29 is 22.8 Å². The number of hydrogen-bond acceptors (Lipinski definition) is 6. The van der Waals surface area contributed by atoms with Crippen molar-refractivity contribution in [1.82, 2.24) is 25.6 Å². The molecule has 13 heteroatoms. The van der Waals surface area contributed by atoms with Crippen molar-refractivity contribution in [2.75, 3.05) is 10.7 Å². The van der Waals surface area contributed by atoms with Gasteiger partial charge in [-0.15, -0.1) is 5.10 Å².